The lowest BCUT2D eigenvalue weighted by Crippen LogP contribution is -2.68. The van der Waals surface area contributed by atoms with Gasteiger partial charge >= 0.3 is 12.4 Å². The first-order chi connectivity index (χ1) is 50.2. The highest BCUT2D eigenvalue weighted by Crippen LogP contribution is 2.40. The molecule has 2 aromatic rings. The van der Waals surface area contributed by atoms with Crippen molar-refractivity contribution in [2.75, 3.05) is 89.2 Å². The fourth-order valence-electron chi connectivity index (χ4n) is 14.7. The van der Waals surface area contributed by atoms with Crippen molar-refractivity contribution >= 4 is 70.9 Å². The first kappa shape index (κ1) is 85.2. The van der Waals surface area contributed by atoms with E-state index in [2.05, 4.69) is 22.5 Å². The van der Waals surface area contributed by atoms with Crippen LogP contribution in [0, 0.1) is 23.5 Å². The van der Waals surface area contributed by atoms with Crippen LogP contribution in [0.1, 0.15) is 133 Å². The number of aryl methyl sites for hydroxylation is 1. The summed E-state index contributed by atoms with van der Waals surface area (Å²) in [5, 5.41) is 8.18. The molecule has 10 atom stereocenters. The molecule has 1 spiro atoms. The molecule has 0 aromatic heterocycles. The zero-order chi connectivity index (χ0) is 79.5. The first-order valence-electron chi connectivity index (χ1n) is 36.1. The van der Waals surface area contributed by atoms with Crippen molar-refractivity contribution in [1.29, 1.82) is 0 Å². The summed E-state index contributed by atoms with van der Waals surface area (Å²) < 4.78 is 120. The minimum Gasteiger partial charge on any atom is -0.377 e. The highest BCUT2D eigenvalue weighted by molar-refractivity contribution is 6.01. The van der Waals surface area contributed by atoms with Crippen molar-refractivity contribution in [1.82, 2.24) is 60.0 Å². The number of ether oxygens (including phenoxy) is 1. The molecule has 7 rings (SSSR count). The van der Waals surface area contributed by atoms with Crippen LogP contribution in [0.3, 0.4) is 0 Å². The summed E-state index contributed by atoms with van der Waals surface area (Å²) in [6.07, 6.45) is -6.45. The predicted octanol–water partition coefficient (Wildman–Crippen LogP) is 5.27. The highest BCUT2D eigenvalue weighted by Gasteiger charge is 2.54. The Hall–Kier alpha value is -9.04. The second kappa shape index (κ2) is 36.2. The lowest BCUT2D eigenvalue weighted by Gasteiger charge is -2.46. The fraction of sp³-hybridized carbons (Fsp3) is 0.622. The van der Waals surface area contributed by atoms with Gasteiger partial charge in [0.1, 0.15) is 71.1 Å². The largest absolute Gasteiger partial charge is 0.422 e. The molecule has 2 saturated carbocycles. The van der Waals surface area contributed by atoms with Gasteiger partial charge in [0.15, 0.2) is 0 Å². The number of likely N-dealkylation sites (N-methyl/N-ethyl adjacent to an activating group) is 7. The number of nitrogens with one attached hydrogen (secondary N) is 3. The molecule has 0 radical (unpaired) electrons. The van der Waals surface area contributed by atoms with E-state index in [-0.39, 0.29) is 63.8 Å². The molecule has 2 aromatic carbocycles. The van der Waals surface area contributed by atoms with Crippen molar-refractivity contribution in [3.8, 4) is 0 Å². The van der Waals surface area contributed by atoms with E-state index in [1.165, 1.54) is 65.2 Å². The number of hydrogen-bond acceptors (Lipinski definition) is 13. The Morgan fingerprint density at radius 3 is 1.89 bits per heavy atom. The molecule has 3 aliphatic heterocycles. The number of hydrogen-bond donors (Lipinski definition) is 3. The van der Waals surface area contributed by atoms with Crippen molar-refractivity contribution in [3.05, 3.63) is 95.1 Å². The molecule has 5 aliphatic rings. The predicted molar refractivity (Wildman–Crippen MR) is 374 cm³/mol. The van der Waals surface area contributed by atoms with E-state index < -0.39 is 222 Å². The number of carbonyl (C=O) groups is 12. The van der Waals surface area contributed by atoms with Gasteiger partial charge in [-0.2, -0.15) is 26.3 Å². The molecule has 33 heteroatoms. The summed E-state index contributed by atoms with van der Waals surface area (Å²) in [5.41, 5.74) is -5.27. The van der Waals surface area contributed by atoms with E-state index >= 15 is 37.5 Å². The molecule has 2 bridgehead atoms. The van der Waals surface area contributed by atoms with Gasteiger partial charge in [0.2, 0.25) is 70.9 Å². The third-order valence-corrected chi connectivity index (χ3v) is 21.4. The van der Waals surface area contributed by atoms with Crippen LogP contribution in [0.15, 0.2) is 61.2 Å². The van der Waals surface area contributed by atoms with Gasteiger partial charge in [-0.15, -0.1) is 6.58 Å². The number of amides is 12. The molecule has 590 valence electrons. The maximum atomic E-state index is 15.4. The average molecular weight is 1520 g/mol. The molecule has 12 amide bonds. The normalized spacial score (nSPS) is 26.1. The highest BCUT2D eigenvalue weighted by atomic mass is 19.4. The standard InChI is InChI=1S/C74H100F8N12O13/c1-13-22-52-63(98)84-61(43(4)14-2)69(104)88(8)42-59(97)90(10)53-25-17-16-20-34-93(68(53)103)56(37-44-26-29-47(30-27-44)73(77,78)79)67(102)87(7)41-57(95)83-51(31-28-45-35-49(75)60(50(76)36-45)74(80,81)82)65(100)94-40-48(107-15-3)38-54(94)64(99)85-72(32-21-33-72)71(106)92(12)62(46-23-18-19-24-46)70(105)91(11)55(66(101)86(5)6)39-58(96)89(52)9/h13,16-17,26-27,29-30,35-36,43,46,48,51-56,61-62H,1,14-15,18-25,28,31-34,37-42H2,2-12H3,(H,83,95)(H,84,98)(H,85,99)/b17-16-/t43-,48+,51-,52-,53+,54-,55-,56-,61-,62-/m0/s1. The van der Waals surface area contributed by atoms with Crippen LogP contribution in [0.4, 0.5) is 35.1 Å². The monoisotopic (exact) mass is 1520 g/mol. The number of nitrogens with zero attached hydrogens (tertiary/aromatic N) is 9. The van der Waals surface area contributed by atoms with Crippen LogP contribution in [0.25, 0.3) is 0 Å². The van der Waals surface area contributed by atoms with E-state index in [9.17, 15) is 55.1 Å². The summed E-state index contributed by atoms with van der Waals surface area (Å²) in [5.74, 6) is -15.4. The molecular weight excluding hydrogens is 1420 g/mol. The van der Waals surface area contributed by atoms with Crippen LogP contribution in [0.2, 0.25) is 0 Å². The molecule has 2 saturated heterocycles. The van der Waals surface area contributed by atoms with E-state index in [0.29, 0.717) is 50.7 Å². The summed E-state index contributed by atoms with van der Waals surface area (Å²) >= 11 is 0. The van der Waals surface area contributed by atoms with Gasteiger partial charge < -0.3 is 64.8 Å². The minimum absolute atomic E-state index is 0.0283. The number of alkyl halides is 6. The molecule has 107 heavy (non-hydrogen) atoms. The lowest BCUT2D eigenvalue weighted by atomic mass is 9.74. The van der Waals surface area contributed by atoms with Crippen molar-refractivity contribution in [3.63, 3.8) is 0 Å². The molecule has 2 aliphatic carbocycles. The summed E-state index contributed by atoms with van der Waals surface area (Å²) in [4.78, 5) is 189. The number of halogens is 8. The third kappa shape index (κ3) is 20.2. The first-order valence-corrected chi connectivity index (χ1v) is 36.1. The maximum Gasteiger partial charge on any atom is 0.422 e. The van der Waals surface area contributed by atoms with E-state index in [1.54, 1.807) is 32.9 Å². The van der Waals surface area contributed by atoms with Gasteiger partial charge in [0.25, 0.3) is 0 Å². The molecule has 25 nitrogen and oxygen atoms in total. The Bertz CT molecular complexity index is 3640. The number of rotatable bonds is 13. The van der Waals surface area contributed by atoms with Crippen molar-refractivity contribution < 1.29 is 97.4 Å². The van der Waals surface area contributed by atoms with Crippen LogP contribution >= 0.6 is 0 Å². The quantitative estimate of drug-likeness (QED) is 0.171. The van der Waals surface area contributed by atoms with Gasteiger partial charge in [0, 0.05) is 88.9 Å². The topological polar surface area (TPSA) is 279 Å². The van der Waals surface area contributed by atoms with Gasteiger partial charge in [0.05, 0.1) is 31.2 Å². The molecule has 3 heterocycles. The van der Waals surface area contributed by atoms with E-state index in [0.717, 1.165) is 65.6 Å². The number of fused-ring (bicyclic) bond motifs is 3. The molecule has 4 fully saturated rings. The second-order valence-corrected chi connectivity index (χ2v) is 28.9. The Morgan fingerprint density at radius 1 is 0.701 bits per heavy atom. The van der Waals surface area contributed by atoms with Crippen LogP contribution in [0.5, 0.6) is 0 Å². The zero-order valence-electron chi connectivity index (χ0n) is 62.5. The Morgan fingerprint density at radius 2 is 1.33 bits per heavy atom. The molecular formula is C74H100F8N12O13. The van der Waals surface area contributed by atoms with Gasteiger partial charge in [-0.1, -0.05) is 63.5 Å². The maximum absolute atomic E-state index is 15.4. The summed E-state index contributed by atoms with van der Waals surface area (Å²) in [6, 6.07) is -7.51. The molecule has 3 N–H and O–H groups in total. The van der Waals surface area contributed by atoms with Gasteiger partial charge in [-0.3, -0.25) is 57.5 Å². The van der Waals surface area contributed by atoms with Gasteiger partial charge in [-0.25, -0.2) is 8.78 Å². The lowest BCUT2D eigenvalue weighted by molar-refractivity contribution is -0.157. The molecule has 0 unspecified atom stereocenters. The number of benzene rings is 2. The van der Waals surface area contributed by atoms with Crippen LogP contribution in [-0.4, -0.2) is 264 Å². The Kier molecular flexibility index (Phi) is 28.9. The summed E-state index contributed by atoms with van der Waals surface area (Å²) in [7, 11) is 10.5. The summed E-state index contributed by atoms with van der Waals surface area (Å²) in [6.45, 7) is 6.63. The smallest absolute Gasteiger partial charge is 0.377 e. The fourth-order valence-corrected chi connectivity index (χ4v) is 14.7. The third-order valence-electron chi connectivity index (χ3n) is 21.4. The average Bonchev–Trinajstić information content (AvgIpc) is 1.66. The Balaban J connectivity index is 1.35. The van der Waals surface area contributed by atoms with Crippen molar-refractivity contribution in [2.24, 2.45) is 11.8 Å². The number of carbonyl (C=O) groups excluding carboxylic acids is 12. The zero-order valence-corrected chi connectivity index (χ0v) is 62.5. The van der Waals surface area contributed by atoms with E-state index in [4.69, 9.17) is 4.74 Å². The van der Waals surface area contributed by atoms with Crippen LogP contribution in [-0.2, 0) is 87.5 Å². The van der Waals surface area contributed by atoms with E-state index in [1.807, 2.05) is 0 Å². The second-order valence-electron chi connectivity index (χ2n) is 28.9. The minimum atomic E-state index is -5.46. The van der Waals surface area contributed by atoms with Crippen LogP contribution < -0.4 is 16.0 Å². The van der Waals surface area contributed by atoms with Crippen molar-refractivity contribution in [2.45, 2.75) is 196 Å². The Labute approximate surface area is 618 Å². The SMILES string of the molecule is C=CC[C@H]1C(=O)N[C@@H]([C@@H](C)CC)C(=O)N(C)CC(=O)N(C)[C@@H]2C/C=C\CCN(C2=O)[C@@H](Cc2ccc(C(F)(F)F)cc2)C(=O)N(C)CC(=O)N[C@@H](CCc2cc(F)c(C(F)(F)F)c(F)c2)C(=O)N2C[C@H](OCC)C[C@H]2C(=O)NC2(CCC2)C(=O)N(C)[C@@H](C2CCCC2)C(=O)N(C)[C@H](C(=O)N(C)C)CC(=O)N1C. The van der Waals surface area contributed by atoms with Gasteiger partial charge in [-0.05, 0) is 118 Å².